The molecule has 2 aliphatic rings. The van der Waals surface area contributed by atoms with Crippen molar-refractivity contribution in [2.45, 2.75) is 39.4 Å². The Labute approximate surface area is 135 Å². The average molecular weight is 311 g/mol. The molecule has 0 spiro atoms. The van der Waals surface area contributed by atoms with Gasteiger partial charge in [-0.3, -0.25) is 9.59 Å². The summed E-state index contributed by atoms with van der Waals surface area (Å²) in [6.45, 7) is 6.28. The fourth-order valence-corrected chi connectivity index (χ4v) is 4.07. The van der Waals surface area contributed by atoms with Gasteiger partial charge in [0.15, 0.2) is 0 Å². The number of carbonyl (C=O) groups excluding carboxylic acids is 2. The first kappa shape index (κ1) is 14.3. The fraction of sp³-hybridized carbons (Fsp3) is 0.444. The summed E-state index contributed by atoms with van der Waals surface area (Å²) in [5.74, 6) is 0.154. The zero-order chi connectivity index (χ0) is 16.1. The predicted octanol–water partition coefficient (Wildman–Crippen LogP) is 1.78. The molecule has 1 saturated heterocycles. The molecule has 2 aliphatic heterocycles. The van der Waals surface area contributed by atoms with E-state index in [0.717, 1.165) is 6.54 Å². The maximum absolute atomic E-state index is 12.7. The van der Waals surface area contributed by atoms with Crippen LogP contribution in [0.3, 0.4) is 0 Å². The second-order valence-electron chi connectivity index (χ2n) is 6.28. The van der Waals surface area contributed by atoms with E-state index in [1.165, 1.54) is 22.2 Å². The molecule has 120 valence electrons. The lowest BCUT2D eigenvalue weighted by atomic mass is 9.94. The minimum absolute atomic E-state index is 0.0648. The number of carbonyl (C=O) groups is 2. The zero-order valence-electron chi connectivity index (χ0n) is 13.6. The van der Waals surface area contributed by atoms with Crippen LogP contribution in [0.2, 0.25) is 0 Å². The summed E-state index contributed by atoms with van der Waals surface area (Å²) in [7, 11) is 0. The predicted molar refractivity (Wildman–Crippen MR) is 87.9 cm³/mol. The van der Waals surface area contributed by atoms with Crippen LogP contribution in [0, 0.1) is 0 Å². The van der Waals surface area contributed by atoms with Crippen molar-refractivity contribution >= 4 is 22.7 Å². The number of nitrogens with zero attached hydrogens (tertiary/aromatic N) is 3. The number of fused-ring (bicyclic) bond motifs is 4. The monoisotopic (exact) mass is 311 g/mol. The molecular formula is C18H21N3O2. The van der Waals surface area contributed by atoms with Gasteiger partial charge in [-0.2, -0.15) is 0 Å². The van der Waals surface area contributed by atoms with Crippen molar-refractivity contribution in [3.63, 3.8) is 0 Å². The summed E-state index contributed by atoms with van der Waals surface area (Å²) < 4.78 is 2.28. The van der Waals surface area contributed by atoms with Gasteiger partial charge in [0.05, 0.1) is 13.1 Å². The average Bonchev–Trinajstić information content (AvgIpc) is 2.89. The molecule has 3 heterocycles. The molecule has 1 aromatic heterocycles. The molecule has 2 aromatic rings. The van der Waals surface area contributed by atoms with Crippen molar-refractivity contribution in [3.05, 3.63) is 35.5 Å². The number of likely N-dealkylation sites (N-methyl/N-ethyl adjacent to an activating group) is 1. The number of hydrogen-bond acceptors (Lipinski definition) is 2. The first-order valence-electron chi connectivity index (χ1n) is 8.32. The topological polar surface area (TPSA) is 45.6 Å². The first-order valence-corrected chi connectivity index (χ1v) is 8.32. The van der Waals surface area contributed by atoms with Crippen LogP contribution in [0.5, 0.6) is 0 Å². The van der Waals surface area contributed by atoms with Crippen LogP contribution in [0.15, 0.2) is 24.3 Å². The SMILES string of the molecule is CCN1CC(=O)N2Cc3c(c4ccccc4n3CC)CC2C1=O. The van der Waals surface area contributed by atoms with Crippen LogP contribution >= 0.6 is 0 Å². The highest BCUT2D eigenvalue weighted by Crippen LogP contribution is 2.34. The molecule has 1 aromatic carbocycles. The normalized spacial score (nSPS) is 20.9. The lowest BCUT2D eigenvalue weighted by Gasteiger charge is -2.42. The van der Waals surface area contributed by atoms with Crippen LogP contribution in [-0.4, -0.2) is 45.3 Å². The molecular weight excluding hydrogens is 290 g/mol. The van der Waals surface area contributed by atoms with E-state index in [9.17, 15) is 9.59 Å². The molecule has 5 heteroatoms. The molecule has 1 fully saturated rings. The number of rotatable bonds is 2. The highest BCUT2D eigenvalue weighted by molar-refractivity contribution is 5.97. The summed E-state index contributed by atoms with van der Waals surface area (Å²) in [6.07, 6.45) is 0.629. The Morgan fingerprint density at radius 3 is 2.61 bits per heavy atom. The Morgan fingerprint density at radius 2 is 1.87 bits per heavy atom. The smallest absolute Gasteiger partial charge is 0.246 e. The maximum atomic E-state index is 12.7. The lowest BCUT2D eigenvalue weighted by molar-refractivity contribution is -0.157. The van der Waals surface area contributed by atoms with Crippen molar-refractivity contribution in [2.75, 3.05) is 13.1 Å². The van der Waals surface area contributed by atoms with Crippen molar-refractivity contribution in [2.24, 2.45) is 0 Å². The third-order valence-electron chi connectivity index (χ3n) is 5.23. The Balaban J connectivity index is 1.86. The van der Waals surface area contributed by atoms with Crippen molar-refractivity contribution in [1.82, 2.24) is 14.4 Å². The standard InChI is InChI=1S/C18H21N3O2/c1-3-19-11-17(22)21-10-16-13(9-15(21)18(19)23)12-7-5-6-8-14(12)20(16)4-2/h5-8,15H,3-4,9-11H2,1-2H3. The molecule has 0 aliphatic carbocycles. The van der Waals surface area contributed by atoms with E-state index in [4.69, 9.17) is 0 Å². The van der Waals surface area contributed by atoms with Crippen LogP contribution in [-0.2, 0) is 29.1 Å². The second-order valence-corrected chi connectivity index (χ2v) is 6.28. The lowest BCUT2D eigenvalue weighted by Crippen LogP contribution is -2.61. The van der Waals surface area contributed by atoms with Gasteiger partial charge in [0, 0.05) is 36.1 Å². The third-order valence-corrected chi connectivity index (χ3v) is 5.23. The van der Waals surface area contributed by atoms with Crippen LogP contribution in [0.1, 0.15) is 25.1 Å². The van der Waals surface area contributed by atoms with E-state index >= 15 is 0 Å². The van der Waals surface area contributed by atoms with Gasteiger partial charge in [-0.05, 0) is 25.5 Å². The van der Waals surface area contributed by atoms with Gasteiger partial charge >= 0.3 is 0 Å². The van der Waals surface area contributed by atoms with E-state index in [2.05, 4.69) is 23.6 Å². The Kier molecular flexibility index (Phi) is 3.18. The second kappa shape index (κ2) is 5.11. The summed E-state index contributed by atoms with van der Waals surface area (Å²) in [5, 5.41) is 1.22. The molecule has 0 N–H and O–H groups in total. The van der Waals surface area contributed by atoms with Crippen molar-refractivity contribution in [1.29, 1.82) is 0 Å². The molecule has 0 saturated carbocycles. The Hall–Kier alpha value is -2.30. The first-order chi connectivity index (χ1) is 11.2. The number of aryl methyl sites for hydroxylation is 1. The van der Waals surface area contributed by atoms with Crippen molar-refractivity contribution < 1.29 is 9.59 Å². The zero-order valence-corrected chi connectivity index (χ0v) is 13.6. The summed E-state index contributed by atoms with van der Waals surface area (Å²) in [4.78, 5) is 28.6. The highest BCUT2D eigenvalue weighted by atomic mass is 16.2. The summed E-state index contributed by atoms with van der Waals surface area (Å²) in [6, 6.07) is 8.00. The van der Waals surface area contributed by atoms with Gasteiger partial charge in [-0.15, -0.1) is 0 Å². The number of para-hydroxylation sites is 1. The number of benzene rings is 1. The van der Waals surface area contributed by atoms with E-state index in [-0.39, 0.29) is 24.4 Å². The van der Waals surface area contributed by atoms with Crippen LogP contribution in [0.4, 0.5) is 0 Å². The Morgan fingerprint density at radius 1 is 1.09 bits per heavy atom. The molecule has 1 atom stereocenters. The maximum Gasteiger partial charge on any atom is 0.246 e. The number of aromatic nitrogens is 1. The molecule has 23 heavy (non-hydrogen) atoms. The minimum Gasteiger partial charge on any atom is -0.343 e. The quantitative estimate of drug-likeness (QED) is 0.848. The molecule has 4 rings (SSSR count). The molecule has 2 amide bonds. The number of hydrogen-bond donors (Lipinski definition) is 0. The van der Waals surface area contributed by atoms with Crippen LogP contribution in [0.25, 0.3) is 10.9 Å². The molecule has 0 radical (unpaired) electrons. The third kappa shape index (κ3) is 1.92. The van der Waals surface area contributed by atoms with Crippen molar-refractivity contribution in [3.8, 4) is 0 Å². The van der Waals surface area contributed by atoms with Gasteiger partial charge in [-0.1, -0.05) is 18.2 Å². The minimum atomic E-state index is -0.334. The van der Waals surface area contributed by atoms with Gasteiger partial charge in [-0.25, -0.2) is 0 Å². The van der Waals surface area contributed by atoms with E-state index in [1.54, 1.807) is 9.80 Å². The molecule has 5 nitrogen and oxygen atoms in total. The largest absolute Gasteiger partial charge is 0.343 e. The summed E-state index contributed by atoms with van der Waals surface area (Å²) in [5.41, 5.74) is 3.63. The van der Waals surface area contributed by atoms with Crippen LogP contribution < -0.4 is 0 Å². The molecule has 1 unspecified atom stereocenters. The van der Waals surface area contributed by atoms with E-state index in [1.807, 2.05) is 19.1 Å². The van der Waals surface area contributed by atoms with Gasteiger partial charge < -0.3 is 14.4 Å². The fourth-order valence-electron chi connectivity index (χ4n) is 4.07. The van der Waals surface area contributed by atoms with Gasteiger partial charge in [0.1, 0.15) is 6.04 Å². The van der Waals surface area contributed by atoms with Gasteiger partial charge in [0.2, 0.25) is 11.8 Å². The van der Waals surface area contributed by atoms with E-state index in [0.29, 0.717) is 19.5 Å². The number of amides is 2. The number of piperazine rings is 1. The highest BCUT2D eigenvalue weighted by Gasteiger charge is 2.42. The molecule has 0 bridgehead atoms. The Bertz CT molecular complexity index is 808. The summed E-state index contributed by atoms with van der Waals surface area (Å²) >= 11 is 0. The van der Waals surface area contributed by atoms with E-state index < -0.39 is 0 Å². The van der Waals surface area contributed by atoms with Gasteiger partial charge in [0.25, 0.3) is 0 Å².